The van der Waals surface area contributed by atoms with Crippen LogP contribution in [0.15, 0.2) is 55.6 Å². The van der Waals surface area contributed by atoms with Gasteiger partial charge in [-0.3, -0.25) is 0 Å². The Bertz CT molecular complexity index is 897. The molecule has 34 heavy (non-hydrogen) atoms. The first-order valence-corrected chi connectivity index (χ1v) is 13.6. The zero-order chi connectivity index (χ0) is 24.0. The van der Waals surface area contributed by atoms with Crippen molar-refractivity contribution in [3.8, 4) is 0 Å². The van der Waals surface area contributed by atoms with E-state index < -0.39 is 11.2 Å². The summed E-state index contributed by atoms with van der Waals surface area (Å²) in [5.41, 5.74) is 0.0497. The highest BCUT2D eigenvalue weighted by atomic mass is 16.5. The van der Waals surface area contributed by atoms with Crippen LogP contribution in [0.3, 0.4) is 0 Å². The monoisotopic (exact) mass is 464 g/mol. The number of ether oxygens (including phenoxy) is 2. The van der Waals surface area contributed by atoms with E-state index in [0.29, 0.717) is 42.5 Å². The average molecular weight is 465 g/mol. The standard InChI is InChI=1S/C31H44O3/c1-5-20-33-25-14-16-28(3)24(22-25)12-13-27-26(28)15-17-29(4)30(27,32)18-19-31(29,34-21-6-2)23-10-8-7-9-11-23/h5-11,24-27,32H,1-2,12-22H2,3-4H3/t24-,25+,26+,27-,28+,29+,30+,31+/m1/s1. The first kappa shape index (κ1) is 24.3. The van der Waals surface area contributed by atoms with Crippen LogP contribution >= 0.6 is 0 Å². The van der Waals surface area contributed by atoms with Crippen molar-refractivity contribution in [2.75, 3.05) is 13.2 Å². The lowest BCUT2D eigenvalue weighted by Gasteiger charge is -2.64. The Hall–Kier alpha value is -1.42. The maximum Gasteiger partial charge on any atom is 0.102 e. The molecular formula is C31H44O3. The van der Waals surface area contributed by atoms with E-state index in [-0.39, 0.29) is 5.41 Å². The molecule has 8 atom stereocenters. The van der Waals surface area contributed by atoms with Gasteiger partial charge in [0.2, 0.25) is 0 Å². The largest absolute Gasteiger partial charge is 0.389 e. The van der Waals surface area contributed by atoms with Crippen molar-refractivity contribution in [1.29, 1.82) is 0 Å². The molecule has 4 saturated carbocycles. The molecule has 1 aromatic carbocycles. The molecule has 0 radical (unpaired) electrons. The number of hydrogen-bond donors (Lipinski definition) is 1. The number of benzene rings is 1. The second kappa shape index (κ2) is 8.91. The van der Waals surface area contributed by atoms with E-state index in [2.05, 4.69) is 57.3 Å². The van der Waals surface area contributed by atoms with Crippen molar-refractivity contribution >= 4 is 0 Å². The second-order valence-corrected chi connectivity index (χ2v) is 12.1. The molecule has 0 saturated heterocycles. The maximum absolute atomic E-state index is 12.7. The van der Waals surface area contributed by atoms with Gasteiger partial charge in [0, 0.05) is 5.41 Å². The molecule has 4 aliphatic rings. The third-order valence-corrected chi connectivity index (χ3v) is 11.1. The molecule has 0 bridgehead atoms. The lowest BCUT2D eigenvalue weighted by Crippen LogP contribution is -2.65. The van der Waals surface area contributed by atoms with Gasteiger partial charge in [-0.15, -0.1) is 13.2 Å². The van der Waals surface area contributed by atoms with E-state index in [0.717, 1.165) is 32.1 Å². The smallest absolute Gasteiger partial charge is 0.102 e. The minimum atomic E-state index is -0.697. The van der Waals surface area contributed by atoms with Crippen molar-refractivity contribution in [2.45, 2.75) is 88.9 Å². The van der Waals surface area contributed by atoms with Gasteiger partial charge < -0.3 is 14.6 Å². The summed E-state index contributed by atoms with van der Waals surface area (Å²) in [5.74, 6) is 1.62. The molecule has 0 spiro atoms. The van der Waals surface area contributed by atoms with Crippen molar-refractivity contribution in [1.82, 2.24) is 0 Å². The van der Waals surface area contributed by atoms with Crippen LogP contribution in [0, 0.1) is 28.6 Å². The Morgan fingerprint density at radius 2 is 1.68 bits per heavy atom. The Balaban J connectivity index is 1.46. The van der Waals surface area contributed by atoms with Crippen LogP contribution in [0.25, 0.3) is 0 Å². The summed E-state index contributed by atoms with van der Waals surface area (Å²) in [7, 11) is 0. The fourth-order valence-electron chi connectivity index (χ4n) is 9.23. The normalized spacial score (nSPS) is 45.6. The lowest BCUT2D eigenvalue weighted by molar-refractivity contribution is -0.247. The van der Waals surface area contributed by atoms with E-state index in [4.69, 9.17) is 9.47 Å². The minimum Gasteiger partial charge on any atom is -0.389 e. The molecule has 4 fully saturated rings. The Morgan fingerprint density at radius 1 is 0.912 bits per heavy atom. The van der Waals surface area contributed by atoms with Crippen molar-refractivity contribution in [2.24, 2.45) is 28.6 Å². The number of fused-ring (bicyclic) bond motifs is 5. The molecule has 0 heterocycles. The molecule has 0 unspecified atom stereocenters. The van der Waals surface area contributed by atoms with E-state index in [1.807, 2.05) is 12.2 Å². The Morgan fingerprint density at radius 3 is 2.41 bits per heavy atom. The van der Waals surface area contributed by atoms with Gasteiger partial charge in [-0.25, -0.2) is 0 Å². The van der Waals surface area contributed by atoms with Crippen molar-refractivity contribution < 1.29 is 14.6 Å². The zero-order valence-electron chi connectivity index (χ0n) is 21.3. The summed E-state index contributed by atoms with van der Waals surface area (Å²) in [5, 5.41) is 12.7. The Labute approximate surface area is 206 Å². The predicted octanol–water partition coefficient (Wildman–Crippen LogP) is 6.81. The molecule has 1 N–H and O–H groups in total. The fraction of sp³-hybridized carbons (Fsp3) is 0.677. The van der Waals surface area contributed by atoms with Crippen LogP contribution in [0.4, 0.5) is 0 Å². The highest BCUT2D eigenvalue weighted by Crippen LogP contribution is 2.72. The molecule has 3 heteroatoms. The van der Waals surface area contributed by atoms with Gasteiger partial charge in [-0.05, 0) is 86.5 Å². The number of rotatable bonds is 7. The number of hydrogen-bond acceptors (Lipinski definition) is 3. The van der Waals surface area contributed by atoms with Gasteiger partial charge in [0.25, 0.3) is 0 Å². The van der Waals surface area contributed by atoms with E-state index in [9.17, 15) is 5.11 Å². The topological polar surface area (TPSA) is 38.7 Å². The summed E-state index contributed by atoms with van der Waals surface area (Å²) < 4.78 is 12.8. The van der Waals surface area contributed by atoms with Crippen LogP contribution in [-0.4, -0.2) is 30.0 Å². The highest BCUT2D eigenvalue weighted by molar-refractivity contribution is 5.33. The molecular weight excluding hydrogens is 420 g/mol. The van der Waals surface area contributed by atoms with E-state index in [1.54, 1.807) is 0 Å². The van der Waals surface area contributed by atoms with Crippen molar-refractivity contribution in [3.05, 3.63) is 61.2 Å². The summed E-state index contributed by atoms with van der Waals surface area (Å²) >= 11 is 0. The maximum atomic E-state index is 12.7. The minimum absolute atomic E-state index is 0.300. The molecule has 0 aliphatic heterocycles. The van der Waals surface area contributed by atoms with Crippen LogP contribution in [0.1, 0.15) is 77.2 Å². The highest BCUT2D eigenvalue weighted by Gasteiger charge is 2.72. The van der Waals surface area contributed by atoms with Gasteiger partial charge in [-0.2, -0.15) is 0 Å². The zero-order valence-corrected chi connectivity index (χ0v) is 21.3. The number of aliphatic hydroxyl groups is 1. The van der Waals surface area contributed by atoms with Gasteiger partial charge >= 0.3 is 0 Å². The molecule has 5 rings (SSSR count). The molecule has 4 aliphatic carbocycles. The Kier molecular flexibility index (Phi) is 6.36. The van der Waals surface area contributed by atoms with Crippen LogP contribution in [-0.2, 0) is 15.1 Å². The van der Waals surface area contributed by atoms with E-state index in [1.165, 1.54) is 31.2 Å². The third-order valence-electron chi connectivity index (χ3n) is 11.1. The third kappa shape index (κ3) is 3.33. The molecule has 0 amide bonds. The SMILES string of the molecule is C=CCO[C@H]1CC[C@@]2(C)[C@H](CC[C@@H]3[C@@H]2CC[C@]2(C)[C@@](OCC=C)(c4ccccc4)CC[C@]32O)C1. The summed E-state index contributed by atoms with van der Waals surface area (Å²) in [6.45, 7) is 13.8. The predicted molar refractivity (Wildman–Crippen MR) is 137 cm³/mol. The van der Waals surface area contributed by atoms with Gasteiger partial charge in [-0.1, -0.05) is 56.3 Å². The first-order chi connectivity index (χ1) is 16.3. The summed E-state index contributed by atoms with van der Waals surface area (Å²) in [6.07, 6.45) is 13.8. The summed E-state index contributed by atoms with van der Waals surface area (Å²) in [6, 6.07) is 10.7. The lowest BCUT2D eigenvalue weighted by atomic mass is 9.42. The average Bonchev–Trinajstić information content (AvgIpc) is 3.10. The first-order valence-electron chi connectivity index (χ1n) is 13.6. The van der Waals surface area contributed by atoms with Gasteiger partial charge in [0.05, 0.1) is 24.9 Å². The van der Waals surface area contributed by atoms with Gasteiger partial charge in [0.15, 0.2) is 0 Å². The van der Waals surface area contributed by atoms with Crippen LogP contribution < -0.4 is 0 Å². The van der Waals surface area contributed by atoms with Crippen LogP contribution in [0.5, 0.6) is 0 Å². The molecule has 1 aromatic rings. The molecule has 3 nitrogen and oxygen atoms in total. The van der Waals surface area contributed by atoms with E-state index >= 15 is 0 Å². The fourth-order valence-corrected chi connectivity index (χ4v) is 9.23. The molecule has 186 valence electrons. The second-order valence-electron chi connectivity index (χ2n) is 12.1. The van der Waals surface area contributed by atoms with Gasteiger partial charge in [0.1, 0.15) is 5.60 Å². The van der Waals surface area contributed by atoms with Crippen molar-refractivity contribution in [3.63, 3.8) is 0 Å². The van der Waals surface area contributed by atoms with Crippen LogP contribution in [0.2, 0.25) is 0 Å². The summed E-state index contributed by atoms with van der Waals surface area (Å²) in [4.78, 5) is 0. The molecule has 0 aromatic heterocycles. The quantitative estimate of drug-likeness (QED) is 0.450.